The highest BCUT2D eigenvalue weighted by Gasteiger charge is 2.63. The third-order valence-electron chi connectivity index (χ3n) is 9.65. The van der Waals surface area contributed by atoms with Gasteiger partial charge >= 0.3 is 5.97 Å². The van der Waals surface area contributed by atoms with E-state index in [1.54, 1.807) is 6.07 Å². The smallest absolute Gasteiger partial charge is 0.335 e. The second-order valence-electron chi connectivity index (χ2n) is 12.6. The first-order chi connectivity index (χ1) is 18.3. The number of allylic oxidation sites excluding steroid dienone is 1. The minimum atomic E-state index is -0.823. The van der Waals surface area contributed by atoms with Gasteiger partial charge in [0.2, 0.25) is 0 Å². The number of aryl methyl sites for hydroxylation is 1. The zero-order valence-corrected chi connectivity index (χ0v) is 25.4. The third kappa shape index (κ3) is 6.48. The van der Waals surface area contributed by atoms with E-state index < -0.39 is 5.97 Å². The van der Waals surface area contributed by atoms with Crippen LogP contribution in [-0.2, 0) is 11.2 Å². The van der Waals surface area contributed by atoms with Gasteiger partial charge in [-0.1, -0.05) is 90.1 Å². The van der Waals surface area contributed by atoms with E-state index in [0.717, 1.165) is 48.1 Å². The highest BCUT2D eigenvalue weighted by atomic mass is 16.4. The van der Waals surface area contributed by atoms with Crippen molar-refractivity contribution in [2.24, 2.45) is 22.7 Å². The number of carbonyl (C=O) groups excluding carboxylic acids is 1. The van der Waals surface area contributed by atoms with E-state index in [1.807, 2.05) is 31.1 Å². The molecule has 0 amide bonds. The first kappa shape index (κ1) is 30.7. The Morgan fingerprint density at radius 2 is 1.77 bits per heavy atom. The Morgan fingerprint density at radius 1 is 1.10 bits per heavy atom. The molecule has 4 nitrogen and oxygen atoms in total. The summed E-state index contributed by atoms with van der Waals surface area (Å²) in [7, 11) is 3.96. The molecule has 0 radical (unpaired) electrons. The third-order valence-corrected chi connectivity index (χ3v) is 9.65. The van der Waals surface area contributed by atoms with Gasteiger partial charge in [0.25, 0.3) is 0 Å². The zero-order chi connectivity index (χ0) is 29.0. The molecule has 212 valence electrons. The fourth-order valence-electron chi connectivity index (χ4n) is 6.43. The first-order valence-electron chi connectivity index (χ1n) is 14.7. The van der Waals surface area contributed by atoms with Crippen LogP contribution >= 0.6 is 0 Å². The molecule has 0 aromatic heterocycles. The Morgan fingerprint density at radius 3 is 2.28 bits per heavy atom. The van der Waals surface area contributed by atoms with Crippen LogP contribution in [0.4, 0.5) is 5.69 Å². The maximum atomic E-state index is 12.7. The van der Waals surface area contributed by atoms with Crippen molar-refractivity contribution in [3.63, 3.8) is 0 Å². The number of hydrogen-bond donors (Lipinski definition) is 1. The number of benzene rings is 2. The monoisotopic (exact) mass is 531 g/mol. The Balaban J connectivity index is 0.000000216. The van der Waals surface area contributed by atoms with Crippen LogP contribution in [0.1, 0.15) is 100 Å². The van der Waals surface area contributed by atoms with Gasteiger partial charge in [0.05, 0.1) is 5.56 Å². The van der Waals surface area contributed by atoms with Crippen LogP contribution in [0.5, 0.6) is 0 Å². The number of carbonyl (C=O) groups is 2. The molecule has 0 saturated heterocycles. The van der Waals surface area contributed by atoms with Gasteiger partial charge in [0.15, 0.2) is 5.78 Å². The van der Waals surface area contributed by atoms with E-state index in [-0.39, 0.29) is 10.8 Å². The number of fused-ring (bicyclic) bond motifs is 2. The molecule has 0 heterocycles. The van der Waals surface area contributed by atoms with Crippen LogP contribution in [0, 0.1) is 29.6 Å². The highest BCUT2D eigenvalue weighted by Crippen LogP contribution is 2.65. The number of Topliss-reactive ketones (excluding diaryl/α,β-unsaturated/α-hetero) is 1. The van der Waals surface area contributed by atoms with Crippen molar-refractivity contribution < 1.29 is 14.7 Å². The quantitative estimate of drug-likeness (QED) is 0.329. The van der Waals surface area contributed by atoms with Crippen molar-refractivity contribution in [2.75, 3.05) is 19.0 Å². The number of rotatable bonds is 9. The molecule has 2 aromatic carbocycles. The van der Waals surface area contributed by atoms with E-state index in [4.69, 9.17) is 0 Å². The van der Waals surface area contributed by atoms with E-state index in [1.165, 1.54) is 24.8 Å². The lowest BCUT2D eigenvalue weighted by Gasteiger charge is -2.31. The summed E-state index contributed by atoms with van der Waals surface area (Å²) in [5.74, 6) is 0.571. The van der Waals surface area contributed by atoms with Gasteiger partial charge in [-0.15, -0.1) is 0 Å². The molecular formula is C35H49NO3. The average molecular weight is 532 g/mol. The molecular weight excluding hydrogens is 482 g/mol. The van der Waals surface area contributed by atoms with Crippen molar-refractivity contribution in [1.82, 2.24) is 0 Å². The fraction of sp³-hybridized carbons (Fsp3) is 0.543. The molecule has 39 heavy (non-hydrogen) atoms. The largest absolute Gasteiger partial charge is 0.478 e. The Hall–Kier alpha value is -2.88. The van der Waals surface area contributed by atoms with E-state index in [0.29, 0.717) is 23.2 Å². The standard InChI is InChI=1S/C18H22O.C17H27NO2/c1-12-5-7-13(8-6-12)11-14-15-9-10-18(4,16(14)19)17(15,2)3;1-5-7-8-13(6-2)11-14-12-15(18(3)4)9-10-16(14)17(19)20/h5-8,11,15H,9-10H2,1-4H3;9-10,12-13H,5-8,11H2,1-4H3,(H,19,20). The summed E-state index contributed by atoms with van der Waals surface area (Å²) >= 11 is 0. The van der Waals surface area contributed by atoms with Crippen LogP contribution in [0.25, 0.3) is 6.08 Å². The molecule has 2 bridgehead atoms. The SMILES string of the molecule is CCCCC(CC)Cc1cc(N(C)C)ccc1C(=O)O.Cc1ccc(C=C2C(=O)C3(C)CCC2C3(C)C)cc1. The molecule has 2 aromatic rings. The molecule has 2 saturated carbocycles. The maximum Gasteiger partial charge on any atom is 0.335 e. The summed E-state index contributed by atoms with van der Waals surface area (Å²) in [6, 6.07) is 14.1. The number of nitrogens with zero attached hydrogens (tertiary/aromatic N) is 1. The number of carboxylic acids is 1. The lowest BCUT2D eigenvalue weighted by molar-refractivity contribution is -0.125. The van der Waals surface area contributed by atoms with Gasteiger partial charge in [-0.2, -0.15) is 0 Å². The number of carboxylic acid groups (broad SMARTS) is 1. The Kier molecular flexibility index (Phi) is 9.85. The van der Waals surface area contributed by atoms with E-state index in [9.17, 15) is 14.7 Å². The van der Waals surface area contributed by atoms with Gasteiger partial charge in [0.1, 0.15) is 0 Å². The normalized spacial score (nSPS) is 22.9. The van der Waals surface area contributed by atoms with E-state index in [2.05, 4.69) is 71.9 Å². The summed E-state index contributed by atoms with van der Waals surface area (Å²) < 4.78 is 0. The van der Waals surface area contributed by atoms with Crippen molar-refractivity contribution in [3.8, 4) is 0 Å². The number of aromatic carboxylic acids is 1. The second-order valence-corrected chi connectivity index (χ2v) is 12.6. The van der Waals surface area contributed by atoms with Gasteiger partial charge in [-0.3, -0.25) is 4.79 Å². The second kappa shape index (κ2) is 12.5. The molecule has 2 aliphatic rings. The lowest BCUT2D eigenvalue weighted by atomic mass is 9.70. The maximum absolute atomic E-state index is 12.7. The van der Waals surface area contributed by atoms with Gasteiger partial charge in [-0.25, -0.2) is 4.79 Å². The molecule has 3 unspecified atom stereocenters. The molecule has 0 aliphatic heterocycles. The number of unbranched alkanes of at least 4 members (excludes halogenated alkanes) is 1. The fourth-order valence-corrected chi connectivity index (χ4v) is 6.43. The summed E-state index contributed by atoms with van der Waals surface area (Å²) in [6.07, 6.45) is 9.89. The summed E-state index contributed by atoms with van der Waals surface area (Å²) in [5, 5.41) is 9.34. The van der Waals surface area contributed by atoms with Crippen molar-refractivity contribution >= 4 is 23.5 Å². The molecule has 1 N–H and O–H groups in total. The average Bonchev–Trinajstić information content (AvgIpc) is 3.21. The number of hydrogen-bond acceptors (Lipinski definition) is 3. The number of anilines is 1. The topological polar surface area (TPSA) is 57.6 Å². The molecule has 3 atom stereocenters. The molecule has 0 spiro atoms. The summed E-state index contributed by atoms with van der Waals surface area (Å²) in [6.45, 7) is 13.2. The highest BCUT2D eigenvalue weighted by molar-refractivity contribution is 6.07. The molecule has 4 rings (SSSR count). The Bertz CT molecular complexity index is 1190. The van der Waals surface area contributed by atoms with Crippen LogP contribution in [0.2, 0.25) is 0 Å². The summed E-state index contributed by atoms with van der Waals surface area (Å²) in [5.41, 5.74) is 5.92. The molecule has 2 fully saturated rings. The minimum Gasteiger partial charge on any atom is -0.478 e. The predicted octanol–water partition coefficient (Wildman–Crippen LogP) is 8.61. The molecule has 4 heteroatoms. The van der Waals surface area contributed by atoms with Gasteiger partial charge in [0, 0.05) is 25.2 Å². The van der Waals surface area contributed by atoms with Crippen LogP contribution in [0.3, 0.4) is 0 Å². The van der Waals surface area contributed by atoms with Crippen molar-refractivity contribution in [1.29, 1.82) is 0 Å². The van der Waals surface area contributed by atoms with Crippen LogP contribution in [-0.4, -0.2) is 31.0 Å². The lowest BCUT2D eigenvalue weighted by Crippen LogP contribution is -2.32. The van der Waals surface area contributed by atoms with Gasteiger partial charge < -0.3 is 10.0 Å². The van der Waals surface area contributed by atoms with Crippen molar-refractivity contribution in [2.45, 2.75) is 86.5 Å². The first-order valence-corrected chi connectivity index (χ1v) is 14.7. The van der Waals surface area contributed by atoms with E-state index >= 15 is 0 Å². The zero-order valence-electron chi connectivity index (χ0n) is 25.4. The van der Waals surface area contributed by atoms with Crippen LogP contribution < -0.4 is 4.90 Å². The summed E-state index contributed by atoms with van der Waals surface area (Å²) in [4.78, 5) is 26.1. The Labute approximate surface area is 236 Å². The molecule has 2 aliphatic carbocycles. The van der Waals surface area contributed by atoms with Crippen LogP contribution in [0.15, 0.2) is 48.0 Å². The predicted molar refractivity (Wildman–Crippen MR) is 164 cm³/mol. The number of ketones is 1. The minimum absolute atomic E-state index is 0.112. The van der Waals surface area contributed by atoms with Gasteiger partial charge in [-0.05, 0) is 84.4 Å². The van der Waals surface area contributed by atoms with Crippen molar-refractivity contribution in [3.05, 3.63) is 70.3 Å².